The first-order chi connectivity index (χ1) is 12.2. The van der Waals surface area contributed by atoms with E-state index in [0.717, 1.165) is 5.56 Å². The fourth-order valence-electron chi connectivity index (χ4n) is 2.62. The molecule has 0 aromatic heterocycles. The molecule has 7 heteroatoms. The smallest absolute Gasteiger partial charge is 0.410 e. The van der Waals surface area contributed by atoms with Crippen molar-refractivity contribution in [1.82, 2.24) is 10.2 Å². The standard InChI is InChI=1S/C19H27FN2O4/c1-18(2,3)26-16(23)21-14-19(20)9-11-22(12-10-19)17(24)25-13-15-7-5-4-6-8-15/h4-8H,9-14H2,1-3H3,(H,21,23). The lowest BCUT2D eigenvalue weighted by molar-refractivity contribution is 0.0290. The summed E-state index contributed by atoms with van der Waals surface area (Å²) in [6.45, 7) is 5.80. The largest absolute Gasteiger partial charge is 0.445 e. The van der Waals surface area contributed by atoms with Crippen molar-refractivity contribution in [2.45, 2.75) is 51.5 Å². The van der Waals surface area contributed by atoms with E-state index in [1.54, 1.807) is 20.8 Å². The van der Waals surface area contributed by atoms with Gasteiger partial charge < -0.3 is 19.7 Å². The number of rotatable bonds is 4. The zero-order chi connectivity index (χ0) is 19.2. The third-order valence-electron chi connectivity index (χ3n) is 4.07. The Bertz CT molecular complexity index is 608. The predicted octanol–water partition coefficient (Wildman–Crippen LogP) is 3.65. The first-order valence-electron chi connectivity index (χ1n) is 8.78. The first-order valence-corrected chi connectivity index (χ1v) is 8.78. The number of hydrogen-bond donors (Lipinski definition) is 1. The lowest BCUT2D eigenvalue weighted by Crippen LogP contribution is -2.50. The second-order valence-corrected chi connectivity index (χ2v) is 7.53. The van der Waals surface area contributed by atoms with Crippen LogP contribution < -0.4 is 5.32 Å². The first kappa shape index (κ1) is 20.0. The average molecular weight is 366 g/mol. The molecule has 0 spiro atoms. The second kappa shape index (κ2) is 8.38. The molecule has 1 N–H and O–H groups in total. The highest BCUT2D eigenvalue weighted by molar-refractivity contribution is 5.68. The van der Waals surface area contributed by atoms with Crippen LogP contribution in [0.4, 0.5) is 14.0 Å². The molecule has 1 aliphatic rings. The van der Waals surface area contributed by atoms with Crippen LogP contribution >= 0.6 is 0 Å². The van der Waals surface area contributed by atoms with E-state index in [-0.39, 0.29) is 39.1 Å². The van der Waals surface area contributed by atoms with Gasteiger partial charge in [-0.2, -0.15) is 0 Å². The van der Waals surface area contributed by atoms with Gasteiger partial charge in [0.05, 0.1) is 6.54 Å². The summed E-state index contributed by atoms with van der Waals surface area (Å²) in [7, 11) is 0. The highest BCUT2D eigenvalue weighted by Gasteiger charge is 2.37. The molecular weight excluding hydrogens is 339 g/mol. The normalized spacial score (nSPS) is 16.7. The average Bonchev–Trinajstić information content (AvgIpc) is 2.58. The van der Waals surface area contributed by atoms with Gasteiger partial charge in [-0.1, -0.05) is 30.3 Å². The molecule has 0 bridgehead atoms. The van der Waals surface area contributed by atoms with E-state index in [1.807, 2.05) is 30.3 Å². The monoisotopic (exact) mass is 366 g/mol. The number of carbonyl (C=O) groups is 2. The van der Waals surface area contributed by atoms with Crippen molar-refractivity contribution < 1.29 is 23.5 Å². The number of nitrogens with one attached hydrogen (secondary N) is 1. The van der Waals surface area contributed by atoms with Crippen LogP contribution in [0.2, 0.25) is 0 Å². The molecule has 1 heterocycles. The molecule has 1 aromatic carbocycles. The maximum atomic E-state index is 14.8. The summed E-state index contributed by atoms with van der Waals surface area (Å²) in [5.74, 6) is 0. The highest BCUT2D eigenvalue weighted by atomic mass is 19.1. The van der Waals surface area contributed by atoms with E-state index >= 15 is 0 Å². The minimum absolute atomic E-state index is 0.130. The van der Waals surface area contributed by atoms with E-state index in [0.29, 0.717) is 0 Å². The number of piperidine rings is 1. The zero-order valence-corrected chi connectivity index (χ0v) is 15.6. The number of hydrogen-bond acceptors (Lipinski definition) is 4. The molecule has 1 aliphatic heterocycles. The fraction of sp³-hybridized carbons (Fsp3) is 0.579. The Morgan fingerprint density at radius 3 is 2.38 bits per heavy atom. The van der Waals surface area contributed by atoms with Crippen LogP contribution in [0.1, 0.15) is 39.2 Å². The Hall–Kier alpha value is -2.31. The molecule has 0 atom stereocenters. The van der Waals surface area contributed by atoms with Crippen molar-refractivity contribution in [2.75, 3.05) is 19.6 Å². The van der Waals surface area contributed by atoms with Crippen molar-refractivity contribution >= 4 is 12.2 Å². The van der Waals surface area contributed by atoms with E-state index in [2.05, 4.69) is 5.32 Å². The van der Waals surface area contributed by atoms with Gasteiger partial charge >= 0.3 is 12.2 Å². The van der Waals surface area contributed by atoms with Gasteiger partial charge in [0.15, 0.2) is 0 Å². The van der Waals surface area contributed by atoms with Crippen molar-refractivity contribution in [3.63, 3.8) is 0 Å². The van der Waals surface area contributed by atoms with Crippen LogP contribution in [-0.4, -0.2) is 48.0 Å². The topological polar surface area (TPSA) is 67.9 Å². The van der Waals surface area contributed by atoms with Crippen molar-refractivity contribution in [1.29, 1.82) is 0 Å². The number of ether oxygens (including phenoxy) is 2. The quantitative estimate of drug-likeness (QED) is 0.883. The van der Waals surface area contributed by atoms with Crippen LogP contribution in [-0.2, 0) is 16.1 Å². The highest BCUT2D eigenvalue weighted by Crippen LogP contribution is 2.26. The number of alkyl halides is 1. The number of nitrogens with zero attached hydrogens (tertiary/aromatic N) is 1. The van der Waals surface area contributed by atoms with Crippen LogP contribution in [0.5, 0.6) is 0 Å². The molecule has 6 nitrogen and oxygen atoms in total. The number of amides is 2. The van der Waals surface area contributed by atoms with E-state index in [1.165, 1.54) is 4.90 Å². The molecule has 1 fully saturated rings. The predicted molar refractivity (Wildman–Crippen MR) is 95.5 cm³/mol. The summed E-state index contributed by atoms with van der Waals surface area (Å²) in [5.41, 5.74) is -1.27. The van der Waals surface area contributed by atoms with Crippen molar-refractivity contribution in [3.8, 4) is 0 Å². The van der Waals surface area contributed by atoms with E-state index in [4.69, 9.17) is 9.47 Å². The van der Waals surface area contributed by atoms with Crippen molar-refractivity contribution in [3.05, 3.63) is 35.9 Å². The van der Waals surface area contributed by atoms with Gasteiger partial charge in [-0.3, -0.25) is 0 Å². The summed E-state index contributed by atoms with van der Waals surface area (Å²) in [6, 6.07) is 9.39. The molecule has 0 aliphatic carbocycles. The van der Waals surface area contributed by atoms with Crippen molar-refractivity contribution in [2.24, 2.45) is 0 Å². The summed E-state index contributed by atoms with van der Waals surface area (Å²) in [5, 5.41) is 2.47. The number of halogens is 1. The minimum Gasteiger partial charge on any atom is -0.445 e. The van der Waals surface area contributed by atoms with Crippen LogP contribution in [0, 0.1) is 0 Å². The summed E-state index contributed by atoms with van der Waals surface area (Å²) < 4.78 is 25.2. The second-order valence-electron chi connectivity index (χ2n) is 7.53. The third kappa shape index (κ3) is 6.54. The molecule has 1 saturated heterocycles. The number of alkyl carbamates (subject to hydrolysis) is 1. The Morgan fingerprint density at radius 1 is 1.19 bits per heavy atom. The molecule has 1 aromatic rings. The lowest BCUT2D eigenvalue weighted by Gasteiger charge is -2.36. The van der Waals surface area contributed by atoms with Gasteiger partial charge in [-0.15, -0.1) is 0 Å². The number of carbonyl (C=O) groups excluding carboxylic acids is 2. The Morgan fingerprint density at radius 2 is 1.81 bits per heavy atom. The van der Waals surface area contributed by atoms with Crippen LogP contribution in [0.3, 0.4) is 0 Å². The van der Waals surface area contributed by atoms with Gasteiger partial charge in [0, 0.05) is 25.9 Å². The van der Waals surface area contributed by atoms with Gasteiger partial charge in [0.1, 0.15) is 17.9 Å². The Labute approximate surface area is 153 Å². The van der Waals surface area contributed by atoms with E-state index in [9.17, 15) is 14.0 Å². The minimum atomic E-state index is -1.55. The molecular formula is C19H27FN2O4. The molecule has 0 radical (unpaired) electrons. The summed E-state index contributed by atoms with van der Waals surface area (Å²) in [6.07, 6.45) is -0.804. The van der Waals surface area contributed by atoms with Crippen LogP contribution in [0.25, 0.3) is 0 Å². The Kier molecular flexibility index (Phi) is 6.45. The van der Waals surface area contributed by atoms with Gasteiger partial charge in [-0.25, -0.2) is 14.0 Å². The molecule has 144 valence electrons. The molecule has 0 saturated carbocycles. The zero-order valence-electron chi connectivity index (χ0n) is 15.6. The van der Waals surface area contributed by atoms with Gasteiger partial charge in [-0.05, 0) is 26.3 Å². The summed E-state index contributed by atoms with van der Waals surface area (Å²) >= 11 is 0. The third-order valence-corrected chi connectivity index (χ3v) is 4.07. The summed E-state index contributed by atoms with van der Waals surface area (Å²) in [4.78, 5) is 25.2. The fourth-order valence-corrected chi connectivity index (χ4v) is 2.62. The molecule has 2 amide bonds. The SMILES string of the molecule is CC(C)(C)OC(=O)NCC1(F)CCN(C(=O)OCc2ccccc2)CC1. The number of likely N-dealkylation sites (tertiary alicyclic amines) is 1. The Balaban J connectivity index is 1.73. The van der Waals surface area contributed by atoms with Gasteiger partial charge in [0.25, 0.3) is 0 Å². The number of benzene rings is 1. The maximum Gasteiger partial charge on any atom is 0.410 e. The molecule has 26 heavy (non-hydrogen) atoms. The van der Waals surface area contributed by atoms with Crippen LogP contribution in [0.15, 0.2) is 30.3 Å². The lowest BCUT2D eigenvalue weighted by atomic mass is 9.93. The van der Waals surface area contributed by atoms with E-state index < -0.39 is 23.5 Å². The molecule has 0 unspecified atom stereocenters. The maximum absolute atomic E-state index is 14.8. The van der Waals surface area contributed by atoms with Gasteiger partial charge in [0.2, 0.25) is 0 Å². The molecule has 2 rings (SSSR count).